The van der Waals surface area contributed by atoms with Crippen LogP contribution in [-0.2, 0) is 38.1 Å². The molecule has 0 aromatic heterocycles. The van der Waals surface area contributed by atoms with Gasteiger partial charge in [-0.15, -0.1) is 0 Å². The minimum Gasteiger partial charge on any atom is -0.465 e. The predicted molar refractivity (Wildman–Crippen MR) is 237 cm³/mol. The summed E-state index contributed by atoms with van der Waals surface area (Å²) in [4.78, 5) is 47.7. The molecule has 0 spiro atoms. The molecular formula is C49H94O8. The molecule has 0 radical (unpaired) electrons. The zero-order chi connectivity index (χ0) is 43.1. The van der Waals surface area contributed by atoms with E-state index in [2.05, 4.69) is 55.4 Å². The Labute approximate surface area is 352 Å². The fourth-order valence-corrected chi connectivity index (χ4v) is 6.99. The normalized spacial score (nSPS) is 14.3. The van der Waals surface area contributed by atoms with Crippen LogP contribution in [0.4, 0.5) is 0 Å². The quantitative estimate of drug-likeness (QED) is 0.0347. The van der Waals surface area contributed by atoms with Crippen LogP contribution in [0.25, 0.3) is 0 Å². The van der Waals surface area contributed by atoms with Gasteiger partial charge in [-0.1, -0.05) is 145 Å². The average Bonchev–Trinajstić information content (AvgIpc) is 3.20. The molecule has 0 heterocycles. The number of esters is 4. The first-order valence-corrected chi connectivity index (χ1v) is 24.1. The Kier molecular flexibility index (Phi) is 40.6. The molecule has 0 N–H and O–H groups in total. The Morgan fingerprint density at radius 1 is 0.351 bits per heavy atom. The van der Waals surface area contributed by atoms with Crippen LogP contribution >= 0.6 is 0 Å². The van der Waals surface area contributed by atoms with Gasteiger partial charge in [-0.2, -0.15) is 0 Å². The van der Waals surface area contributed by atoms with Crippen molar-refractivity contribution in [2.45, 2.75) is 255 Å². The summed E-state index contributed by atoms with van der Waals surface area (Å²) in [6.07, 6.45) is 26.3. The number of unbranched alkanes of at least 4 members (excludes halogenated alkanes) is 5. The smallest absolute Gasteiger partial charge is 0.306 e. The van der Waals surface area contributed by atoms with Crippen LogP contribution in [-0.4, -0.2) is 49.3 Å². The average molecular weight is 811 g/mol. The molecule has 8 nitrogen and oxygen atoms in total. The first-order chi connectivity index (χ1) is 27.4. The van der Waals surface area contributed by atoms with Gasteiger partial charge in [-0.3, -0.25) is 19.2 Å². The Balaban J connectivity index is 0. The lowest BCUT2D eigenvalue weighted by molar-refractivity contribution is -0.151. The molecule has 0 rings (SSSR count). The number of hydrogen-bond donors (Lipinski definition) is 0. The van der Waals surface area contributed by atoms with Gasteiger partial charge in [0.15, 0.2) is 0 Å². The Morgan fingerprint density at radius 2 is 0.649 bits per heavy atom. The summed E-state index contributed by atoms with van der Waals surface area (Å²) < 4.78 is 21.8. The SMILES string of the molecule is CCCCC(CC)CCC(C)OC(=O)CCCC(=O)OC(C)CCC(CC)CCCC.CCCCC(CC)COC(=O)CCCCC(=O)OCC(CC)CCCC. The third-order valence-corrected chi connectivity index (χ3v) is 11.5. The second kappa shape index (κ2) is 40.7. The van der Waals surface area contributed by atoms with Crippen molar-refractivity contribution < 1.29 is 38.1 Å². The summed E-state index contributed by atoms with van der Waals surface area (Å²) >= 11 is 0. The maximum Gasteiger partial charge on any atom is 0.306 e. The van der Waals surface area contributed by atoms with E-state index in [4.69, 9.17) is 18.9 Å². The van der Waals surface area contributed by atoms with E-state index in [0.29, 0.717) is 57.2 Å². The molecule has 8 heteroatoms. The number of carbonyl (C=O) groups excluding carboxylic acids is 4. The van der Waals surface area contributed by atoms with Crippen LogP contribution in [0.3, 0.4) is 0 Å². The molecule has 57 heavy (non-hydrogen) atoms. The molecular weight excluding hydrogens is 717 g/mol. The molecule has 338 valence electrons. The fraction of sp³-hybridized carbons (Fsp3) is 0.918. The first-order valence-electron chi connectivity index (χ1n) is 24.1. The molecule has 0 saturated carbocycles. The van der Waals surface area contributed by atoms with Crippen molar-refractivity contribution in [3.05, 3.63) is 0 Å². The van der Waals surface area contributed by atoms with Gasteiger partial charge in [-0.25, -0.2) is 0 Å². The van der Waals surface area contributed by atoms with Gasteiger partial charge in [0.25, 0.3) is 0 Å². The lowest BCUT2D eigenvalue weighted by atomic mass is 9.93. The van der Waals surface area contributed by atoms with E-state index < -0.39 is 0 Å². The van der Waals surface area contributed by atoms with Crippen LogP contribution in [0.1, 0.15) is 243 Å². The topological polar surface area (TPSA) is 105 Å². The summed E-state index contributed by atoms with van der Waals surface area (Å²) in [7, 11) is 0. The fourth-order valence-electron chi connectivity index (χ4n) is 6.99. The zero-order valence-corrected chi connectivity index (χ0v) is 39.2. The van der Waals surface area contributed by atoms with Gasteiger partial charge < -0.3 is 18.9 Å². The molecule has 6 unspecified atom stereocenters. The second-order valence-electron chi connectivity index (χ2n) is 16.8. The predicted octanol–water partition coefficient (Wildman–Crippen LogP) is 14.1. The standard InChI is InChI=1S/C27H52O4.C22H42O4/c1-7-11-14-24(9-3)20-18-22(5)30-26(28)16-13-17-27(29)31-23(6)19-21-25(10-4)15-12-8-2;1-5-9-13-19(7-3)17-25-21(23)15-11-12-16-22(24)26-18-20(8-4)14-10-6-2/h22-25H,7-21H2,1-6H3;19-20H,5-18H2,1-4H3. The van der Waals surface area contributed by atoms with E-state index in [9.17, 15) is 19.2 Å². The van der Waals surface area contributed by atoms with Crippen molar-refractivity contribution in [1.82, 2.24) is 0 Å². The van der Waals surface area contributed by atoms with Crippen molar-refractivity contribution in [2.75, 3.05) is 13.2 Å². The number of ether oxygens (including phenoxy) is 4. The van der Waals surface area contributed by atoms with Gasteiger partial charge in [0.2, 0.25) is 0 Å². The van der Waals surface area contributed by atoms with Crippen molar-refractivity contribution in [3.63, 3.8) is 0 Å². The van der Waals surface area contributed by atoms with Crippen molar-refractivity contribution in [1.29, 1.82) is 0 Å². The first kappa shape index (κ1) is 57.0. The van der Waals surface area contributed by atoms with Crippen LogP contribution < -0.4 is 0 Å². The Bertz CT molecular complexity index is 878. The maximum atomic E-state index is 12.1. The monoisotopic (exact) mass is 811 g/mol. The van der Waals surface area contributed by atoms with Crippen LogP contribution in [0, 0.1) is 23.7 Å². The molecule has 0 fully saturated rings. The lowest BCUT2D eigenvalue weighted by Gasteiger charge is -2.19. The van der Waals surface area contributed by atoms with Crippen molar-refractivity contribution >= 4 is 23.9 Å². The van der Waals surface area contributed by atoms with E-state index in [1.807, 2.05) is 13.8 Å². The molecule has 0 aliphatic rings. The molecule has 0 aliphatic carbocycles. The highest BCUT2D eigenvalue weighted by Crippen LogP contribution is 2.22. The molecule has 0 aromatic rings. The molecule has 0 amide bonds. The third-order valence-electron chi connectivity index (χ3n) is 11.5. The highest BCUT2D eigenvalue weighted by molar-refractivity contribution is 5.72. The highest BCUT2D eigenvalue weighted by Gasteiger charge is 2.17. The lowest BCUT2D eigenvalue weighted by Crippen LogP contribution is -2.18. The third kappa shape index (κ3) is 36.7. The van der Waals surface area contributed by atoms with E-state index >= 15 is 0 Å². The van der Waals surface area contributed by atoms with Gasteiger partial charge in [0.05, 0.1) is 25.4 Å². The zero-order valence-electron chi connectivity index (χ0n) is 39.2. The van der Waals surface area contributed by atoms with Gasteiger partial charge >= 0.3 is 23.9 Å². The van der Waals surface area contributed by atoms with Gasteiger partial charge in [0, 0.05) is 25.7 Å². The molecule has 0 aromatic carbocycles. The van der Waals surface area contributed by atoms with Crippen molar-refractivity contribution in [3.8, 4) is 0 Å². The van der Waals surface area contributed by atoms with E-state index in [1.54, 1.807) is 0 Å². The van der Waals surface area contributed by atoms with Crippen LogP contribution in [0.15, 0.2) is 0 Å². The summed E-state index contributed by atoms with van der Waals surface area (Å²) in [5, 5.41) is 0. The second-order valence-corrected chi connectivity index (χ2v) is 16.8. The highest BCUT2D eigenvalue weighted by atomic mass is 16.6. The summed E-state index contributed by atoms with van der Waals surface area (Å²) in [5.74, 6) is 1.75. The van der Waals surface area contributed by atoms with Crippen LogP contribution in [0.5, 0.6) is 0 Å². The summed E-state index contributed by atoms with van der Waals surface area (Å²) in [6.45, 7) is 22.6. The maximum absolute atomic E-state index is 12.1. The van der Waals surface area contributed by atoms with Crippen molar-refractivity contribution in [2.24, 2.45) is 23.7 Å². The van der Waals surface area contributed by atoms with E-state index in [1.165, 1.54) is 77.0 Å². The van der Waals surface area contributed by atoms with Gasteiger partial charge in [0.1, 0.15) is 0 Å². The largest absolute Gasteiger partial charge is 0.465 e. The summed E-state index contributed by atoms with van der Waals surface area (Å²) in [5.41, 5.74) is 0. The molecule has 0 bridgehead atoms. The summed E-state index contributed by atoms with van der Waals surface area (Å²) in [6, 6.07) is 0. The minimum absolute atomic E-state index is 0.0469. The Hall–Kier alpha value is -2.12. The molecule has 6 atom stereocenters. The Morgan fingerprint density at radius 3 is 0.947 bits per heavy atom. The number of carbonyl (C=O) groups is 4. The van der Waals surface area contributed by atoms with Crippen LogP contribution in [0.2, 0.25) is 0 Å². The van der Waals surface area contributed by atoms with Gasteiger partial charge in [-0.05, 0) is 95.3 Å². The van der Waals surface area contributed by atoms with E-state index in [-0.39, 0.29) is 48.9 Å². The molecule has 0 aliphatic heterocycles. The minimum atomic E-state index is -0.198. The number of rotatable bonds is 37. The number of hydrogen-bond acceptors (Lipinski definition) is 8. The molecule has 0 saturated heterocycles. The van der Waals surface area contributed by atoms with E-state index in [0.717, 1.165) is 63.2 Å².